The fourth-order valence-corrected chi connectivity index (χ4v) is 2.49. The first kappa shape index (κ1) is 6.18. The predicted molar refractivity (Wildman–Crippen MR) is 35.1 cm³/mol. The Bertz CT molecular complexity index is 98.7. The molecule has 0 bridgehead atoms. The van der Waals surface area contributed by atoms with Crippen LogP contribution in [0.2, 0.25) is 10.6 Å². The summed E-state index contributed by atoms with van der Waals surface area (Å²) in [7, 11) is 1.76. The first-order valence-corrected chi connectivity index (χ1v) is 5.16. The summed E-state index contributed by atoms with van der Waals surface area (Å²) in [5, 5.41) is 2.61. The third-order valence-corrected chi connectivity index (χ3v) is 3.27. The van der Waals surface area contributed by atoms with E-state index in [2.05, 4.69) is 6.08 Å². The molecule has 0 aromatic heterocycles. The molecule has 0 radical (unpaired) electrons. The van der Waals surface area contributed by atoms with Crippen molar-refractivity contribution in [3.05, 3.63) is 11.8 Å². The van der Waals surface area contributed by atoms with Crippen molar-refractivity contribution in [2.75, 3.05) is 7.11 Å². The number of methoxy groups -OCH3 is 1. The van der Waals surface area contributed by atoms with E-state index in [0.29, 0.717) is 0 Å². The van der Waals surface area contributed by atoms with Gasteiger partial charge in [0.1, 0.15) is 0 Å². The summed E-state index contributed by atoms with van der Waals surface area (Å²) >= 11 is 0.833. The minimum atomic E-state index is 0.833. The van der Waals surface area contributed by atoms with Gasteiger partial charge >= 0.3 is 55.7 Å². The molecule has 0 aromatic rings. The van der Waals surface area contributed by atoms with Crippen LogP contribution in [0.4, 0.5) is 0 Å². The van der Waals surface area contributed by atoms with Gasteiger partial charge in [0.05, 0.1) is 0 Å². The predicted octanol–water partition coefficient (Wildman–Crippen LogP) is 1.46. The summed E-state index contributed by atoms with van der Waals surface area (Å²) in [5.74, 6) is 1.20. The molecule has 2 heteroatoms. The van der Waals surface area contributed by atoms with E-state index < -0.39 is 0 Å². The molecule has 0 aromatic carbocycles. The Morgan fingerprint density at radius 1 is 1.75 bits per heavy atom. The topological polar surface area (TPSA) is 9.23 Å². The molecule has 1 heterocycles. The summed E-state index contributed by atoms with van der Waals surface area (Å²) in [4.78, 5) is 0. The Morgan fingerprint density at radius 2 is 2.62 bits per heavy atom. The van der Waals surface area contributed by atoms with Crippen molar-refractivity contribution in [1.29, 1.82) is 0 Å². The van der Waals surface area contributed by atoms with Crippen LogP contribution in [0.15, 0.2) is 11.8 Å². The third-order valence-electron chi connectivity index (χ3n) is 1.14. The fraction of sp³-hybridized carbons (Fsp3) is 0.667. The quantitative estimate of drug-likeness (QED) is 0.551. The average molecular weight is 177 g/mol. The van der Waals surface area contributed by atoms with Crippen LogP contribution < -0.4 is 0 Å². The molecule has 0 N–H and O–H groups in total. The molecule has 0 unspecified atom stereocenters. The molecule has 0 fully saturated rings. The summed E-state index contributed by atoms with van der Waals surface area (Å²) in [5.41, 5.74) is 0. The van der Waals surface area contributed by atoms with Crippen LogP contribution in [0.25, 0.3) is 0 Å². The molecule has 1 aliphatic heterocycles. The molecule has 0 atom stereocenters. The van der Waals surface area contributed by atoms with Gasteiger partial charge in [-0.3, -0.25) is 0 Å². The van der Waals surface area contributed by atoms with Crippen molar-refractivity contribution in [3.63, 3.8) is 0 Å². The second-order valence-corrected chi connectivity index (χ2v) is 4.03. The first-order chi connectivity index (χ1) is 3.93. The van der Waals surface area contributed by atoms with Crippen LogP contribution in [-0.4, -0.2) is 22.1 Å². The molecule has 0 saturated carbocycles. The van der Waals surface area contributed by atoms with Crippen LogP contribution in [0.1, 0.15) is 6.42 Å². The molecular weight excluding hydrogens is 167 g/mol. The Kier molecular flexibility index (Phi) is 2.44. The van der Waals surface area contributed by atoms with Gasteiger partial charge in [-0.1, -0.05) is 0 Å². The van der Waals surface area contributed by atoms with Crippen molar-refractivity contribution in [2.24, 2.45) is 0 Å². The van der Waals surface area contributed by atoms with Gasteiger partial charge in [0.25, 0.3) is 0 Å². The average Bonchev–Trinajstić information content (AvgIpc) is 1.90. The third kappa shape index (κ3) is 1.53. The van der Waals surface area contributed by atoms with Crippen molar-refractivity contribution >= 4 is 15.0 Å². The van der Waals surface area contributed by atoms with E-state index in [1.165, 1.54) is 22.8 Å². The fourth-order valence-electron chi connectivity index (χ4n) is 0.677. The zero-order chi connectivity index (χ0) is 5.82. The van der Waals surface area contributed by atoms with Crippen molar-refractivity contribution in [2.45, 2.75) is 17.1 Å². The summed E-state index contributed by atoms with van der Waals surface area (Å²) in [6.07, 6.45) is 3.44. The van der Waals surface area contributed by atoms with E-state index in [9.17, 15) is 0 Å². The number of hydrogen-bond acceptors (Lipinski definition) is 1. The zero-order valence-electron chi connectivity index (χ0n) is 5.02. The Hall–Kier alpha value is 0.0595. The monoisotopic (exact) mass is 178 g/mol. The molecule has 0 spiro atoms. The van der Waals surface area contributed by atoms with Gasteiger partial charge in [0.2, 0.25) is 0 Å². The van der Waals surface area contributed by atoms with Gasteiger partial charge in [-0.15, -0.1) is 0 Å². The molecule has 0 aliphatic carbocycles. The number of allylic oxidation sites excluding steroid dienone is 2. The molecule has 1 rings (SSSR count). The molecule has 46 valence electrons. The van der Waals surface area contributed by atoms with E-state index in [-0.39, 0.29) is 0 Å². The number of ether oxygens (including phenoxy) is 1. The minimum absolute atomic E-state index is 0.833. The SMILES string of the molecule is COC1=CCC[Se]C1. The molecule has 0 saturated heterocycles. The summed E-state index contributed by atoms with van der Waals surface area (Å²) < 4.78 is 5.07. The second kappa shape index (κ2) is 3.16. The number of hydrogen-bond donors (Lipinski definition) is 0. The standard InChI is InChI=1S/C6H10OSe/c1-7-6-3-2-4-8-5-6/h3H,2,4-5H2,1H3. The Balaban J connectivity index is 2.37. The van der Waals surface area contributed by atoms with Crippen molar-refractivity contribution < 1.29 is 4.74 Å². The van der Waals surface area contributed by atoms with Crippen molar-refractivity contribution in [3.8, 4) is 0 Å². The van der Waals surface area contributed by atoms with E-state index in [1.54, 1.807) is 7.11 Å². The van der Waals surface area contributed by atoms with E-state index in [1.807, 2.05) is 0 Å². The summed E-state index contributed by atoms with van der Waals surface area (Å²) in [6.45, 7) is 0. The second-order valence-electron chi connectivity index (χ2n) is 1.72. The van der Waals surface area contributed by atoms with Crippen LogP contribution in [0.5, 0.6) is 0 Å². The van der Waals surface area contributed by atoms with Crippen LogP contribution in [0, 0.1) is 0 Å². The number of rotatable bonds is 1. The Morgan fingerprint density at radius 3 is 3.00 bits per heavy atom. The van der Waals surface area contributed by atoms with Gasteiger partial charge < -0.3 is 0 Å². The van der Waals surface area contributed by atoms with E-state index >= 15 is 0 Å². The van der Waals surface area contributed by atoms with Gasteiger partial charge in [-0.2, -0.15) is 0 Å². The Labute approximate surface area is 56.3 Å². The van der Waals surface area contributed by atoms with Crippen LogP contribution >= 0.6 is 0 Å². The first-order valence-electron chi connectivity index (χ1n) is 2.74. The summed E-state index contributed by atoms with van der Waals surface area (Å²) in [6, 6.07) is 0. The molecule has 8 heavy (non-hydrogen) atoms. The van der Waals surface area contributed by atoms with Gasteiger partial charge in [0.15, 0.2) is 0 Å². The molecule has 1 nitrogen and oxygen atoms in total. The maximum atomic E-state index is 5.07. The van der Waals surface area contributed by atoms with Gasteiger partial charge in [-0.25, -0.2) is 0 Å². The maximum absolute atomic E-state index is 5.07. The van der Waals surface area contributed by atoms with Crippen LogP contribution in [-0.2, 0) is 4.74 Å². The molecular formula is C6H10OSe. The van der Waals surface area contributed by atoms with E-state index in [4.69, 9.17) is 4.74 Å². The normalized spacial score (nSPS) is 19.9. The molecule has 0 amide bonds. The van der Waals surface area contributed by atoms with Gasteiger partial charge in [-0.05, 0) is 0 Å². The van der Waals surface area contributed by atoms with E-state index in [0.717, 1.165) is 15.0 Å². The molecule has 1 aliphatic rings. The van der Waals surface area contributed by atoms with Crippen LogP contribution in [0.3, 0.4) is 0 Å². The van der Waals surface area contributed by atoms with Gasteiger partial charge in [0, 0.05) is 0 Å². The van der Waals surface area contributed by atoms with Crippen molar-refractivity contribution in [1.82, 2.24) is 0 Å². The zero-order valence-corrected chi connectivity index (χ0v) is 6.73.